The van der Waals surface area contributed by atoms with Gasteiger partial charge in [0.25, 0.3) is 0 Å². The van der Waals surface area contributed by atoms with Crippen LogP contribution in [0.4, 0.5) is 21.8 Å². The molecular formula is C25H27FN4O2S. The van der Waals surface area contributed by atoms with Gasteiger partial charge in [-0.3, -0.25) is 0 Å². The van der Waals surface area contributed by atoms with Crippen LogP contribution in [0, 0.1) is 12.7 Å². The van der Waals surface area contributed by atoms with E-state index in [1.807, 2.05) is 0 Å². The van der Waals surface area contributed by atoms with Crippen LogP contribution in [0.3, 0.4) is 0 Å². The molecule has 0 bridgehead atoms. The van der Waals surface area contributed by atoms with Gasteiger partial charge in [-0.05, 0) is 54.7 Å². The number of aryl methyl sites for hydroxylation is 2. The van der Waals surface area contributed by atoms with Crippen LogP contribution in [-0.4, -0.2) is 45.1 Å². The topological polar surface area (TPSA) is 84.3 Å². The first kappa shape index (κ1) is 22.1. The lowest BCUT2D eigenvalue weighted by atomic mass is 9.73. The van der Waals surface area contributed by atoms with Crippen LogP contribution >= 0.6 is 0 Å². The van der Waals surface area contributed by atoms with Crippen LogP contribution in [0.15, 0.2) is 53.4 Å². The summed E-state index contributed by atoms with van der Waals surface area (Å²) in [6.07, 6.45) is 2.20. The Balaban J connectivity index is 1.41. The van der Waals surface area contributed by atoms with Gasteiger partial charge in [0, 0.05) is 30.6 Å². The van der Waals surface area contributed by atoms with Crippen LogP contribution < -0.4 is 10.2 Å². The van der Waals surface area contributed by atoms with Crippen molar-refractivity contribution in [3.63, 3.8) is 0 Å². The molecule has 6 nitrogen and oxygen atoms in total. The van der Waals surface area contributed by atoms with Crippen molar-refractivity contribution in [3.8, 4) is 0 Å². The second-order valence-corrected chi connectivity index (χ2v) is 10.4. The number of nitrogens with one attached hydrogen (secondary N) is 1. The van der Waals surface area contributed by atoms with Gasteiger partial charge in [-0.15, -0.1) is 0 Å². The summed E-state index contributed by atoms with van der Waals surface area (Å²) in [6.45, 7) is 3.57. The Morgan fingerprint density at radius 2 is 1.91 bits per heavy atom. The number of anilines is 3. The highest BCUT2D eigenvalue weighted by Crippen LogP contribution is 2.38. The molecule has 1 saturated heterocycles. The zero-order chi connectivity index (χ0) is 23.0. The van der Waals surface area contributed by atoms with Crippen molar-refractivity contribution in [2.45, 2.75) is 36.5 Å². The van der Waals surface area contributed by atoms with Gasteiger partial charge < -0.3 is 19.9 Å². The second kappa shape index (κ2) is 8.93. The summed E-state index contributed by atoms with van der Waals surface area (Å²) < 4.78 is 26.3. The number of fused-ring (bicyclic) bond motifs is 1. The van der Waals surface area contributed by atoms with Crippen LogP contribution in [0.1, 0.15) is 29.7 Å². The third-order valence-corrected chi connectivity index (χ3v) is 8.19. The molecule has 3 aromatic rings. The number of piperidine rings is 1. The normalized spacial score (nSPS) is 19.4. The molecule has 0 spiro atoms. The Morgan fingerprint density at radius 3 is 2.61 bits per heavy atom. The number of halogens is 1. The highest BCUT2D eigenvalue weighted by Gasteiger charge is 2.38. The first-order chi connectivity index (χ1) is 16.0. The third kappa shape index (κ3) is 4.30. The van der Waals surface area contributed by atoms with Crippen LogP contribution in [0.25, 0.3) is 0 Å². The molecule has 3 heterocycles. The molecule has 8 heteroatoms. The molecular weight excluding hydrogens is 439 g/mol. The molecule has 2 aromatic carbocycles. The van der Waals surface area contributed by atoms with E-state index in [0.717, 1.165) is 24.1 Å². The van der Waals surface area contributed by atoms with Crippen LogP contribution in [-0.2, 0) is 23.0 Å². The summed E-state index contributed by atoms with van der Waals surface area (Å²) in [5, 5.41) is 13.4. The molecule has 0 aliphatic carbocycles. The average Bonchev–Trinajstić information content (AvgIpc) is 3.20. The van der Waals surface area contributed by atoms with Gasteiger partial charge in [-0.1, -0.05) is 35.9 Å². The Bertz CT molecular complexity index is 1150. The summed E-state index contributed by atoms with van der Waals surface area (Å²) in [7, 11) is 0. The highest BCUT2D eigenvalue weighted by molar-refractivity contribution is 7.91. The van der Waals surface area contributed by atoms with Crippen LogP contribution in [0.5, 0.6) is 0 Å². The standard InChI is InChI=1S/C25H27FN4O2S/c1-17-5-7-18(8-6-17)25(16-31)10-12-30(13-11-25)24-28-21-9-14-33(32)22(21)23(29-24)27-20-4-2-3-19(26)15-20/h2-8,15,31H,9-14,16H2,1H3,(H,27,28,29). The highest BCUT2D eigenvalue weighted by atomic mass is 32.2. The molecule has 1 aromatic heterocycles. The van der Waals surface area contributed by atoms with Gasteiger partial charge in [0.2, 0.25) is 10.8 Å². The minimum atomic E-state index is -1.18. The van der Waals surface area contributed by atoms with Gasteiger partial charge in [0.1, 0.15) is 17.3 Å². The number of nitrogens with zero attached hydrogens (tertiary/aromatic N) is 3. The van der Waals surface area contributed by atoms with Crippen molar-refractivity contribution < 1.29 is 14.0 Å². The molecule has 172 valence electrons. The molecule has 1 atom stereocenters. The van der Waals surface area contributed by atoms with Gasteiger partial charge in [0.05, 0.1) is 6.61 Å². The van der Waals surface area contributed by atoms with E-state index in [1.165, 1.54) is 17.7 Å². The summed E-state index contributed by atoms with van der Waals surface area (Å²) in [5.41, 5.74) is 3.43. The summed E-state index contributed by atoms with van der Waals surface area (Å²) >= 11 is -1.18. The molecule has 2 aliphatic heterocycles. The lowest BCUT2D eigenvalue weighted by Gasteiger charge is -2.41. The zero-order valence-electron chi connectivity index (χ0n) is 18.6. The van der Waals surface area contributed by atoms with Crippen molar-refractivity contribution in [3.05, 3.63) is 71.2 Å². The van der Waals surface area contributed by atoms with Crippen molar-refractivity contribution in [2.75, 3.05) is 35.7 Å². The molecule has 0 radical (unpaired) electrons. The largest absolute Gasteiger partial charge is 0.611 e. The number of benzene rings is 2. The minimum Gasteiger partial charge on any atom is -0.611 e. The quantitative estimate of drug-likeness (QED) is 0.556. The summed E-state index contributed by atoms with van der Waals surface area (Å²) in [6, 6.07) is 14.6. The molecule has 1 unspecified atom stereocenters. The predicted octanol–water partition coefficient (Wildman–Crippen LogP) is 3.86. The van der Waals surface area contributed by atoms with E-state index in [2.05, 4.69) is 41.4 Å². The smallest absolute Gasteiger partial charge is 0.227 e. The Labute approximate surface area is 196 Å². The fraction of sp³-hybridized carbons (Fsp3) is 0.360. The van der Waals surface area contributed by atoms with E-state index in [1.54, 1.807) is 12.1 Å². The van der Waals surface area contributed by atoms with Crippen molar-refractivity contribution >= 4 is 28.6 Å². The molecule has 5 rings (SSSR count). The maximum Gasteiger partial charge on any atom is 0.227 e. The van der Waals surface area contributed by atoms with Gasteiger partial charge >= 0.3 is 0 Å². The Hall–Kier alpha value is -2.68. The molecule has 2 aliphatic rings. The van der Waals surface area contributed by atoms with Crippen molar-refractivity contribution in [1.82, 2.24) is 9.97 Å². The van der Waals surface area contributed by atoms with E-state index in [0.29, 0.717) is 47.6 Å². The van der Waals surface area contributed by atoms with E-state index in [-0.39, 0.29) is 17.8 Å². The maximum atomic E-state index is 13.7. The summed E-state index contributed by atoms with van der Waals surface area (Å²) in [5.74, 6) is 1.24. The first-order valence-electron chi connectivity index (χ1n) is 11.2. The van der Waals surface area contributed by atoms with E-state index >= 15 is 0 Å². The van der Waals surface area contributed by atoms with Crippen molar-refractivity contribution in [2.24, 2.45) is 0 Å². The minimum absolute atomic E-state index is 0.0975. The zero-order valence-corrected chi connectivity index (χ0v) is 19.4. The first-order valence-corrected chi connectivity index (χ1v) is 12.5. The second-order valence-electron chi connectivity index (χ2n) is 8.87. The SMILES string of the molecule is Cc1ccc(C2(CO)CCN(c3nc4c(c(Nc5cccc(F)c5)n3)[S+]([O-])CC4)CC2)cc1. The maximum absolute atomic E-state index is 13.7. The van der Waals surface area contributed by atoms with Crippen LogP contribution in [0.2, 0.25) is 0 Å². The average molecular weight is 467 g/mol. The van der Waals surface area contributed by atoms with E-state index in [9.17, 15) is 14.0 Å². The number of aliphatic hydroxyl groups excluding tert-OH is 1. The number of aliphatic hydroxyl groups is 1. The number of aromatic nitrogens is 2. The fourth-order valence-corrected chi connectivity index (χ4v) is 6.00. The van der Waals surface area contributed by atoms with Gasteiger partial charge in [-0.25, -0.2) is 9.37 Å². The third-order valence-electron chi connectivity index (χ3n) is 6.73. The van der Waals surface area contributed by atoms with Crippen molar-refractivity contribution in [1.29, 1.82) is 0 Å². The summed E-state index contributed by atoms with van der Waals surface area (Å²) in [4.78, 5) is 12.2. The Morgan fingerprint density at radius 1 is 1.15 bits per heavy atom. The number of hydrogen-bond donors (Lipinski definition) is 2. The lowest BCUT2D eigenvalue weighted by Crippen LogP contribution is -2.45. The molecule has 1 fully saturated rings. The molecule has 33 heavy (non-hydrogen) atoms. The van der Waals surface area contributed by atoms with Gasteiger partial charge in [-0.2, -0.15) is 4.98 Å². The molecule has 0 amide bonds. The molecule has 0 saturated carbocycles. The number of hydrogen-bond acceptors (Lipinski definition) is 6. The monoisotopic (exact) mass is 466 g/mol. The lowest BCUT2D eigenvalue weighted by molar-refractivity contribution is 0.165. The molecule has 2 N–H and O–H groups in total. The van der Waals surface area contributed by atoms with E-state index < -0.39 is 11.2 Å². The Kier molecular flexibility index (Phi) is 5.99. The van der Waals surface area contributed by atoms with Gasteiger partial charge in [0.15, 0.2) is 5.82 Å². The number of rotatable bonds is 5. The predicted molar refractivity (Wildman–Crippen MR) is 128 cm³/mol. The van der Waals surface area contributed by atoms with E-state index in [4.69, 9.17) is 9.97 Å². The fourth-order valence-electron chi connectivity index (χ4n) is 4.69.